The van der Waals surface area contributed by atoms with Crippen LogP contribution < -0.4 is 0 Å². The average molecular weight is 275 g/mol. The molecule has 0 bridgehead atoms. The molecule has 0 radical (unpaired) electrons. The summed E-state index contributed by atoms with van der Waals surface area (Å²) in [4.78, 5) is 0. The fraction of sp³-hybridized carbons (Fsp3) is 0.0769. The Morgan fingerprint density at radius 2 is 1.56 bits per heavy atom. The lowest BCUT2D eigenvalue weighted by Gasteiger charge is -2.12. The summed E-state index contributed by atoms with van der Waals surface area (Å²) in [5, 5.41) is 3.71. The van der Waals surface area contributed by atoms with Crippen molar-refractivity contribution in [1.82, 2.24) is 0 Å². The van der Waals surface area contributed by atoms with Crippen LogP contribution >= 0.6 is 15.9 Å². The second kappa shape index (κ2) is 5.03. The molecule has 0 fully saturated rings. The fourth-order valence-electron chi connectivity index (χ4n) is 1.66. The van der Waals surface area contributed by atoms with E-state index in [9.17, 15) is 0 Å². The molecule has 2 aromatic rings. The van der Waals surface area contributed by atoms with Gasteiger partial charge in [0.25, 0.3) is 0 Å². The third kappa shape index (κ3) is 2.19. The van der Waals surface area contributed by atoms with Gasteiger partial charge in [-0.25, -0.2) is 5.53 Å². The molecule has 80 valence electrons. The Labute approximate surface area is 103 Å². The van der Waals surface area contributed by atoms with Crippen LogP contribution in [-0.4, -0.2) is 0 Å². The summed E-state index contributed by atoms with van der Waals surface area (Å²) in [6.07, 6.45) is 0. The van der Waals surface area contributed by atoms with Crippen LogP contribution in [0.15, 0.2) is 64.2 Å². The Morgan fingerprint density at radius 1 is 0.938 bits per heavy atom. The van der Waals surface area contributed by atoms with Crippen molar-refractivity contribution in [2.75, 3.05) is 0 Å². The van der Waals surface area contributed by atoms with Crippen LogP contribution in [0.25, 0.3) is 0 Å². The minimum atomic E-state index is -0.225. The van der Waals surface area contributed by atoms with Crippen molar-refractivity contribution in [3.8, 4) is 0 Å². The van der Waals surface area contributed by atoms with Crippen molar-refractivity contribution in [2.45, 2.75) is 6.04 Å². The van der Waals surface area contributed by atoms with E-state index in [-0.39, 0.29) is 6.04 Å². The standard InChI is InChI=1S/C13H11BrN2/c14-12-9-5-4-8-11(12)13(16-15)10-6-2-1-3-7-10/h1-9,13,15H. The van der Waals surface area contributed by atoms with Crippen molar-refractivity contribution >= 4 is 15.9 Å². The van der Waals surface area contributed by atoms with E-state index in [1.807, 2.05) is 54.6 Å². The highest BCUT2D eigenvalue weighted by Gasteiger charge is 2.14. The van der Waals surface area contributed by atoms with Gasteiger partial charge in [-0.05, 0) is 17.2 Å². The molecule has 0 aliphatic heterocycles. The van der Waals surface area contributed by atoms with Crippen molar-refractivity contribution in [3.63, 3.8) is 0 Å². The molecule has 0 saturated carbocycles. The van der Waals surface area contributed by atoms with Crippen LogP contribution in [-0.2, 0) is 0 Å². The predicted molar refractivity (Wildman–Crippen MR) is 67.6 cm³/mol. The first-order chi connectivity index (χ1) is 7.83. The van der Waals surface area contributed by atoms with Gasteiger partial charge in [0.05, 0.1) is 0 Å². The van der Waals surface area contributed by atoms with Crippen molar-refractivity contribution in [1.29, 1.82) is 5.53 Å². The Morgan fingerprint density at radius 3 is 2.19 bits per heavy atom. The number of hydrogen-bond acceptors (Lipinski definition) is 2. The molecule has 0 aliphatic rings. The second-order valence-electron chi connectivity index (χ2n) is 3.46. The maximum atomic E-state index is 7.34. The molecule has 0 amide bonds. The van der Waals surface area contributed by atoms with Gasteiger partial charge in [0.2, 0.25) is 0 Å². The van der Waals surface area contributed by atoms with Gasteiger partial charge in [0.15, 0.2) is 0 Å². The van der Waals surface area contributed by atoms with Crippen molar-refractivity contribution in [3.05, 3.63) is 70.2 Å². The minimum Gasteiger partial charge on any atom is -0.209 e. The van der Waals surface area contributed by atoms with Crippen LogP contribution in [0, 0.1) is 5.53 Å². The largest absolute Gasteiger partial charge is 0.209 e. The molecule has 3 heteroatoms. The van der Waals surface area contributed by atoms with E-state index in [4.69, 9.17) is 5.53 Å². The highest BCUT2D eigenvalue weighted by molar-refractivity contribution is 9.10. The number of rotatable bonds is 3. The molecule has 2 rings (SSSR count). The van der Waals surface area contributed by atoms with Gasteiger partial charge in [-0.3, -0.25) is 0 Å². The molecular weight excluding hydrogens is 264 g/mol. The van der Waals surface area contributed by atoms with Gasteiger partial charge < -0.3 is 0 Å². The van der Waals surface area contributed by atoms with Crippen molar-refractivity contribution < 1.29 is 0 Å². The van der Waals surface area contributed by atoms with E-state index in [1.54, 1.807) is 0 Å². The first-order valence-electron chi connectivity index (χ1n) is 4.99. The summed E-state index contributed by atoms with van der Waals surface area (Å²) < 4.78 is 0.986. The lowest BCUT2D eigenvalue weighted by molar-refractivity contribution is 0.772. The van der Waals surface area contributed by atoms with Crippen LogP contribution in [0.2, 0.25) is 0 Å². The van der Waals surface area contributed by atoms with Gasteiger partial charge >= 0.3 is 0 Å². The molecule has 1 atom stereocenters. The maximum Gasteiger partial charge on any atom is 0.122 e. The average Bonchev–Trinajstić information content (AvgIpc) is 2.34. The Kier molecular flexibility index (Phi) is 3.47. The van der Waals surface area contributed by atoms with E-state index < -0.39 is 0 Å². The molecule has 0 aliphatic carbocycles. The molecule has 0 aromatic heterocycles. The Hall–Kier alpha value is -1.48. The van der Waals surface area contributed by atoms with Gasteiger partial charge in [-0.1, -0.05) is 64.5 Å². The molecule has 0 heterocycles. The first kappa shape index (κ1) is 11.0. The highest BCUT2D eigenvalue weighted by atomic mass is 79.9. The maximum absolute atomic E-state index is 7.34. The SMILES string of the molecule is N=NC(c1ccccc1)c1ccccc1Br. The zero-order valence-electron chi connectivity index (χ0n) is 8.60. The molecule has 1 unspecified atom stereocenters. The van der Waals surface area contributed by atoms with Gasteiger partial charge in [-0.2, -0.15) is 5.11 Å². The topological polar surface area (TPSA) is 36.2 Å². The minimum absolute atomic E-state index is 0.225. The summed E-state index contributed by atoms with van der Waals surface area (Å²) in [5.41, 5.74) is 9.38. The zero-order chi connectivity index (χ0) is 11.4. The smallest absolute Gasteiger partial charge is 0.122 e. The number of halogens is 1. The van der Waals surface area contributed by atoms with Gasteiger partial charge in [0.1, 0.15) is 6.04 Å². The van der Waals surface area contributed by atoms with Crippen molar-refractivity contribution in [2.24, 2.45) is 5.11 Å². The van der Waals surface area contributed by atoms with Gasteiger partial charge in [-0.15, -0.1) is 0 Å². The van der Waals surface area contributed by atoms with Crippen LogP contribution in [0.4, 0.5) is 0 Å². The molecule has 1 N–H and O–H groups in total. The van der Waals surface area contributed by atoms with Crippen LogP contribution in [0.1, 0.15) is 17.2 Å². The summed E-state index contributed by atoms with van der Waals surface area (Å²) in [7, 11) is 0. The summed E-state index contributed by atoms with van der Waals surface area (Å²) >= 11 is 3.49. The normalized spacial score (nSPS) is 12.1. The second-order valence-corrected chi connectivity index (χ2v) is 4.32. The molecule has 2 aromatic carbocycles. The lowest BCUT2D eigenvalue weighted by atomic mass is 10.00. The third-order valence-electron chi connectivity index (χ3n) is 2.44. The fourth-order valence-corrected chi connectivity index (χ4v) is 2.16. The van der Waals surface area contributed by atoms with E-state index in [1.165, 1.54) is 0 Å². The molecular formula is C13H11BrN2. The Bertz CT molecular complexity index is 482. The van der Waals surface area contributed by atoms with E-state index in [0.29, 0.717) is 0 Å². The molecule has 0 saturated heterocycles. The third-order valence-corrected chi connectivity index (χ3v) is 3.17. The lowest BCUT2D eigenvalue weighted by Crippen LogP contribution is -1.97. The first-order valence-corrected chi connectivity index (χ1v) is 5.78. The monoisotopic (exact) mass is 274 g/mol. The predicted octanol–water partition coefficient (Wildman–Crippen LogP) is 4.57. The summed E-state index contributed by atoms with van der Waals surface area (Å²) in [5.74, 6) is 0. The van der Waals surface area contributed by atoms with E-state index in [0.717, 1.165) is 15.6 Å². The zero-order valence-corrected chi connectivity index (χ0v) is 10.2. The number of nitrogens with zero attached hydrogens (tertiary/aromatic N) is 1. The quantitative estimate of drug-likeness (QED) is 0.796. The molecule has 16 heavy (non-hydrogen) atoms. The van der Waals surface area contributed by atoms with E-state index >= 15 is 0 Å². The van der Waals surface area contributed by atoms with Gasteiger partial charge in [0, 0.05) is 4.47 Å². The Balaban J connectivity index is 2.45. The van der Waals surface area contributed by atoms with E-state index in [2.05, 4.69) is 21.0 Å². The van der Waals surface area contributed by atoms with Crippen LogP contribution in [0.5, 0.6) is 0 Å². The highest BCUT2D eigenvalue weighted by Crippen LogP contribution is 2.30. The number of benzene rings is 2. The molecule has 0 spiro atoms. The summed E-state index contributed by atoms with van der Waals surface area (Å²) in [6, 6.07) is 17.5. The number of nitrogens with one attached hydrogen (secondary N) is 1. The molecule has 2 nitrogen and oxygen atoms in total. The van der Waals surface area contributed by atoms with Crippen LogP contribution in [0.3, 0.4) is 0 Å². The number of hydrogen-bond donors (Lipinski definition) is 1. The summed E-state index contributed by atoms with van der Waals surface area (Å²) in [6.45, 7) is 0.